The molecule has 0 aromatic heterocycles. The van der Waals surface area contributed by atoms with Crippen LogP contribution in [-0.4, -0.2) is 70.5 Å². The molecule has 0 aliphatic carbocycles. The standard InChI is InChI=1S/C16H30N2O3S/c1-4-17(11-16(20)21)14-5-8-18(9-6-14)15(19)12-22-10-7-13(2)3/h13-14H,4-12H2,1-3H3,(H,20,21). The Morgan fingerprint density at radius 1 is 1.32 bits per heavy atom. The van der Waals surface area contributed by atoms with Crippen LogP contribution in [0.2, 0.25) is 0 Å². The lowest BCUT2D eigenvalue weighted by atomic mass is 10.0. The summed E-state index contributed by atoms with van der Waals surface area (Å²) in [6.07, 6.45) is 2.91. The fraction of sp³-hybridized carbons (Fsp3) is 0.875. The topological polar surface area (TPSA) is 60.9 Å². The molecule has 0 atom stereocenters. The van der Waals surface area contributed by atoms with Crippen molar-refractivity contribution in [2.24, 2.45) is 5.92 Å². The van der Waals surface area contributed by atoms with E-state index in [-0.39, 0.29) is 12.5 Å². The number of nitrogens with zero attached hydrogens (tertiary/aromatic N) is 2. The zero-order valence-electron chi connectivity index (χ0n) is 14.1. The van der Waals surface area contributed by atoms with E-state index in [0.29, 0.717) is 17.7 Å². The van der Waals surface area contributed by atoms with Gasteiger partial charge in [-0.05, 0) is 37.5 Å². The van der Waals surface area contributed by atoms with Gasteiger partial charge in [0.15, 0.2) is 0 Å². The van der Waals surface area contributed by atoms with Crippen molar-refractivity contribution in [2.75, 3.05) is 37.7 Å². The SMILES string of the molecule is CCN(CC(=O)O)C1CCN(C(=O)CSCCC(C)C)CC1. The van der Waals surface area contributed by atoms with Crippen molar-refractivity contribution in [1.82, 2.24) is 9.80 Å². The summed E-state index contributed by atoms with van der Waals surface area (Å²) in [6.45, 7) is 8.74. The summed E-state index contributed by atoms with van der Waals surface area (Å²) in [7, 11) is 0. The van der Waals surface area contributed by atoms with Crippen LogP contribution in [0.15, 0.2) is 0 Å². The third kappa shape index (κ3) is 7.01. The van der Waals surface area contributed by atoms with Crippen LogP contribution in [0.3, 0.4) is 0 Å². The first-order valence-electron chi connectivity index (χ1n) is 8.25. The molecule has 0 radical (unpaired) electrons. The Morgan fingerprint density at radius 2 is 1.95 bits per heavy atom. The number of likely N-dealkylation sites (tertiary alicyclic amines) is 1. The van der Waals surface area contributed by atoms with Crippen molar-refractivity contribution in [2.45, 2.75) is 46.1 Å². The highest BCUT2D eigenvalue weighted by molar-refractivity contribution is 7.99. The Bertz CT molecular complexity index is 355. The molecule has 1 amide bonds. The molecule has 128 valence electrons. The summed E-state index contributed by atoms with van der Waals surface area (Å²) in [5, 5.41) is 8.94. The lowest BCUT2D eigenvalue weighted by Crippen LogP contribution is -2.48. The van der Waals surface area contributed by atoms with Gasteiger partial charge in [0.25, 0.3) is 0 Å². The van der Waals surface area contributed by atoms with E-state index in [2.05, 4.69) is 13.8 Å². The Labute approximate surface area is 138 Å². The molecule has 5 nitrogen and oxygen atoms in total. The molecule has 1 rings (SSSR count). The molecule has 1 fully saturated rings. The van der Waals surface area contributed by atoms with Crippen LogP contribution in [0, 0.1) is 5.92 Å². The van der Waals surface area contributed by atoms with Crippen LogP contribution in [0.4, 0.5) is 0 Å². The second-order valence-corrected chi connectivity index (χ2v) is 7.41. The van der Waals surface area contributed by atoms with Crippen LogP contribution >= 0.6 is 11.8 Å². The Kier molecular flexibility index (Phi) is 8.86. The van der Waals surface area contributed by atoms with Gasteiger partial charge >= 0.3 is 5.97 Å². The maximum atomic E-state index is 12.2. The van der Waals surface area contributed by atoms with E-state index >= 15 is 0 Å². The van der Waals surface area contributed by atoms with Crippen molar-refractivity contribution in [3.8, 4) is 0 Å². The lowest BCUT2D eigenvalue weighted by molar-refractivity contribution is -0.140. The van der Waals surface area contributed by atoms with E-state index < -0.39 is 5.97 Å². The molecular formula is C16H30N2O3S. The molecule has 1 saturated heterocycles. The third-order valence-corrected chi connectivity index (χ3v) is 5.12. The largest absolute Gasteiger partial charge is 0.480 e. The maximum absolute atomic E-state index is 12.2. The number of rotatable bonds is 9. The van der Waals surface area contributed by atoms with Gasteiger partial charge in [0, 0.05) is 19.1 Å². The van der Waals surface area contributed by atoms with Gasteiger partial charge in [-0.1, -0.05) is 20.8 Å². The van der Waals surface area contributed by atoms with Gasteiger partial charge in [0.1, 0.15) is 0 Å². The van der Waals surface area contributed by atoms with Crippen molar-refractivity contribution in [1.29, 1.82) is 0 Å². The van der Waals surface area contributed by atoms with Crippen LogP contribution in [-0.2, 0) is 9.59 Å². The number of carbonyl (C=O) groups is 2. The number of carboxylic acids is 1. The maximum Gasteiger partial charge on any atom is 0.317 e. The first-order chi connectivity index (χ1) is 10.4. The molecule has 0 bridgehead atoms. The van der Waals surface area contributed by atoms with Gasteiger partial charge in [-0.15, -0.1) is 0 Å². The predicted octanol–water partition coefficient (Wildman–Crippen LogP) is 2.16. The van der Waals surface area contributed by atoms with Crippen molar-refractivity contribution < 1.29 is 14.7 Å². The second kappa shape index (κ2) is 10.1. The highest BCUT2D eigenvalue weighted by atomic mass is 32.2. The summed E-state index contributed by atoms with van der Waals surface area (Å²) < 4.78 is 0. The number of likely N-dealkylation sites (N-methyl/N-ethyl adjacent to an activating group) is 1. The summed E-state index contributed by atoms with van der Waals surface area (Å²) in [5.41, 5.74) is 0. The van der Waals surface area contributed by atoms with Crippen LogP contribution in [0.1, 0.15) is 40.0 Å². The molecule has 6 heteroatoms. The van der Waals surface area contributed by atoms with Crippen molar-refractivity contribution in [3.63, 3.8) is 0 Å². The van der Waals surface area contributed by atoms with Gasteiger partial charge in [-0.2, -0.15) is 11.8 Å². The van der Waals surface area contributed by atoms with Crippen LogP contribution in [0.5, 0.6) is 0 Å². The van der Waals surface area contributed by atoms with Gasteiger partial charge in [0.05, 0.1) is 12.3 Å². The highest BCUT2D eigenvalue weighted by Crippen LogP contribution is 2.18. The number of aliphatic carboxylic acids is 1. The molecule has 0 aromatic rings. The average molecular weight is 330 g/mol. The van der Waals surface area contributed by atoms with E-state index in [0.717, 1.165) is 44.6 Å². The number of hydrogen-bond acceptors (Lipinski definition) is 4. The smallest absolute Gasteiger partial charge is 0.317 e. The summed E-state index contributed by atoms with van der Waals surface area (Å²) >= 11 is 1.72. The van der Waals surface area contributed by atoms with E-state index in [1.807, 2.05) is 16.7 Å². The molecule has 0 aromatic carbocycles. The Hall–Kier alpha value is -0.750. The van der Waals surface area contributed by atoms with Crippen LogP contribution < -0.4 is 0 Å². The predicted molar refractivity (Wildman–Crippen MR) is 91.3 cm³/mol. The Morgan fingerprint density at radius 3 is 2.45 bits per heavy atom. The van der Waals surface area contributed by atoms with Gasteiger partial charge in [-0.25, -0.2) is 0 Å². The summed E-state index contributed by atoms with van der Waals surface area (Å²) in [6, 6.07) is 0.291. The molecule has 1 N–H and O–H groups in total. The minimum absolute atomic E-state index is 0.0974. The van der Waals surface area contributed by atoms with Gasteiger partial charge in [0.2, 0.25) is 5.91 Å². The Balaban J connectivity index is 2.28. The van der Waals surface area contributed by atoms with E-state index in [9.17, 15) is 9.59 Å². The number of hydrogen-bond donors (Lipinski definition) is 1. The third-order valence-electron chi connectivity index (χ3n) is 4.14. The number of amides is 1. The first kappa shape index (κ1) is 19.3. The number of carbonyl (C=O) groups excluding carboxylic acids is 1. The molecule has 22 heavy (non-hydrogen) atoms. The molecule has 0 spiro atoms. The molecule has 1 aliphatic rings. The lowest BCUT2D eigenvalue weighted by Gasteiger charge is -2.37. The van der Waals surface area contributed by atoms with Crippen LogP contribution in [0.25, 0.3) is 0 Å². The molecule has 1 aliphatic heterocycles. The molecular weight excluding hydrogens is 300 g/mol. The minimum atomic E-state index is -0.776. The zero-order chi connectivity index (χ0) is 16.5. The van der Waals surface area contributed by atoms with Gasteiger partial charge in [-0.3, -0.25) is 14.5 Å². The quantitative estimate of drug-likeness (QED) is 0.657. The molecule has 0 unspecified atom stereocenters. The van der Waals surface area contributed by atoms with E-state index in [1.54, 1.807) is 11.8 Å². The summed E-state index contributed by atoms with van der Waals surface area (Å²) in [5.74, 6) is 1.76. The highest BCUT2D eigenvalue weighted by Gasteiger charge is 2.26. The summed E-state index contributed by atoms with van der Waals surface area (Å²) in [4.78, 5) is 27.0. The second-order valence-electron chi connectivity index (χ2n) is 6.30. The first-order valence-corrected chi connectivity index (χ1v) is 9.40. The zero-order valence-corrected chi connectivity index (χ0v) is 14.9. The molecule has 1 heterocycles. The fourth-order valence-electron chi connectivity index (χ4n) is 2.72. The number of carboxylic acid groups (broad SMARTS) is 1. The van der Waals surface area contributed by atoms with Crippen molar-refractivity contribution in [3.05, 3.63) is 0 Å². The van der Waals surface area contributed by atoms with E-state index in [1.165, 1.54) is 0 Å². The normalized spacial score (nSPS) is 16.5. The van der Waals surface area contributed by atoms with Gasteiger partial charge < -0.3 is 10.0 Å². The van der Waals surface area contributed by atoms with Crippen molar-refractivity contribution >= 4 is 23.6 Å². The number of thioether (sulfide) groups is 1. The molecule has 0 saturated carbocycles. The minimum Gasteiger partial charge on any atom is -0.480 e. The fourth-order valence-corrected chi connectivity index (χ4v) is 3.86. The average Bonchev–Trinajstić information content (AvgIpc) is 2.48. The van der Waals surface area contributed by atoms with E-state index in [4.69, 9.17) is 5.11 Å². The monoisotopic (exact) mass is 330 g/mol. The number of piperidine rings is 1.